The molecule has 1 aliphatic carbocycles. The molecule has 7 nitrogen and oxygen atoms in total. The zero-order valence-electron chi connectivity index (χ0n) is 13.4. The van der Waals surface area contributed by atoms with Crippen LogP contribution in [0.3, 0.4) is 0 Å². The number of nitrogens with zero attached hydrogens (tertiary/aromatic N) is 1. The highest BCUT2D eigenvalue weighted by Crippen LogP contribution is 2.29. The number of nitrogens with one attached hydrogen (secondary N) is 2. The fourth-order valence-electron chi connectivity index (χ4n) is 2.77. The van der Waals surface area contributed by atoms with Crippen molar-refractivity contribution in [3.05, 3.63) is 33.9 Å². The molecule has 23 heavy (non-hydrogen) atoms. The lowest BCUT2D eigenvalue weighted by atomic mass is 9.92. The van der Waals surface area contributed by atoms with Crippen molar-refractivity contribution in [3.8, 4) is 0 Å². The summed E-state index contributed by atoms with van der Waals surface area (Å²) in [6.07, 6.45) is 2.91. The number of hydrogen-bond donors (Lipinski definition) is 3. The van der Waals surface area contributed by atoms with Crippen molar-refractivity contribution in [1.29, 1.82) is 0 Å². The third kappa shape index (κ3) is 4.41. The highest BCUT2D eigenvalue weighted by Gasteiger charge is 2.26. The molecule has 0 radical (unpaired) electrons. The number of carbonyl (C=O) groups is 1. The maximum atomic E-state index is 12.0. The van der Waals surface area contributed by atoms with Crippen molar-refractivity contribution < 1.29 is 14.8 Å². The smallest absolute Gasteiger partial charge is 0.293 e. The first-order valence-corrected chi connectivity index (χ1v) is 7.92. The van der Waals surface area contributed by atoms with Gasteiger partial charge in [0.15, 0.2) is 0 Å². The van der Waals surface area contributed by atoms with Crippen LogP contribution in [0.25, 0.3) is 0 Å². The van der Waals surface area contributed by atoms with E-state index in [2.05, 4.69) is 10.6 Å². The number of nitro benzene ring substituents is 1. The van der Waals surface area contributed by atoms with Gasteiger partial charge in [0.25, 0.3) is 11.6 Å². The molecule has 1 saturated carbocycles. The Morgan fingerprint density at radius 3 is 2.65 bits per heavy atom. The monoisotopic (exact) mass is 321 g/mol. The van der Waals surface area contributed by atoms with Crippen LogP contribution in [0.15, 0.2) is 18.2 Å². The van der Waals surface area contributed by atoms with E-state index in [1.165, 1.54) is 12.1 Å². The average molecular weight is 321 g/mol. The second-order valence-electron chi connectivity index (χ2n) is 6.22. The molecule has 1 aliphatic rings. The Morgan fingerprint density at radius 2 is 2.04 bits per heavy atom. The van der Waals surface area contributed by atoms with Gasteiger partial charge in [-0.15, -0.1) is 0 Å². The van der Waals surface area contributed by atoms with Crippen LogP contribution in [-0.2, 0) is 0 Å². The van der Waals surface area contributed by atoms with Gasteiger partial charge in [-0.05, 0) is 38.8 Å². The van der Waals surface area contributed by atoms with E-state index in [-0.39, 0.29) is 29.2 Å². The molecule has 0 aliphatic heterocycles. The van der Waals surface area contributed by atoms with E-state index in [0.717, 1.165) is 19.3 Å². The molecule has 3 N–H and O–H groups in total. The third-order valence-electron chi connectivity index (χ3n) is 3.95. The Kier molecular flexibility index (Phi) is 5.54. The van der Waals surface area contributed by atoms with Crippen molar-refractivity contribution in [1.82, 2.24) is 5.32 Å². The lowest BCUT2D eigenvalue weighted by molar-refractivity contribution is -0.384. The standard InChI is InChI=1S/C16H23N3O4/c1-10(2)17-16(21)11-7-8-12(14(9-11)19(22)23)18-13-5-3-4-6-15(13)20/h7-10,13,15,18,20H,3-6H2,1-2H3,(H,17,21)/t13-,15-/m0/s1. The molecular weight excluding hydrogens is 298 g/mol. The molecule has 1 aromatic carbocycles. The Balaban J connectivity index is 2.22. The summed E-state index contributed by atoms with van der Waals surface area (Å²) in [5, 5.41) is 27.1. The van der Waals surface area contributed by atoms with Crippen LogP contribution in [-0.4, -0.2) is 34.1 Å². The molecule has 0 aromatic heterocycles. The van der Waals surface area contributed by atoms with E-state index in [1.54, 1.807) is 6.07 Å². The first kappa shape index (κ1) is 17.2. The molecule has 7 heteroatoms. The van der Waals surface area contributed by atoms with Crippen LogP contribution in [0.4, 0.5) is 11.4 Å². The topological polar surface area (TPSA) is 104 Å². The lowest BCUT2D eigenvalue weighted by Crippen LogP contribution is -2.36. The molecule has 126 valence electrons. The molecule has 0 spiro atoms. The van der Waals surface area contributed by atoms with E-state index >= 15 is 0 Å². The number of anilines is 1. The lowest BCUT2D eigenvalue weighted by Gasteiger charge is -2.29. The van der Waals surface area contributed by atoms with Crippen LogP contribution in [0, 0.1) is 10.1 Å². The molecule has 0 heterocycles. The first-order valence-electron chi connectivity index (χ1n) is 7.92. The van der Waals surface area contributed by atoms with Crippen molar-refractivity contribution >= 4 is 17.3 Å². The van der Waals surface area contributed by atoms with Gasteiger partial charge in [-0.1, -0.05) is 12.8 Å². The predicted octanol–water partition coefficient (Wildman–Crippen LogP) is 2.45. The molecule has 0 unspecified atom stereocenters. The summed E-state index contributed by atoms with van der Waals surface area (Å²) in [6.45, 7) is 3.65. The van der Waals surface area contributed by atoms with Crippen molar-refractivity contribution in [3.63, 3.8) is 0 Å². The molecule has 1 fully saturated rings. The quantitative estimate of drug-likeness (QED) is 0.571. The number of hydrogen-bond acceptors (Lipinski definition) is 5. The molecule has 0 bridgehead atoms. The average Bonchev–Trinajstić information content (AvgIpc) is 2.49. The van der Waals surface area contributed by atoms with Crippen LogP contribution in [0.2, 0.25) is 0 Å². The van der Waals surface area contributed by atoms with E-state index in [0.29, 0.717) is 12.1 Å². The van der Waals surface area contributed by atoms with E-state index < -0.39 is 11.0 Å². The largest absolute Gasteiger partial charge is 0.391 e. The van der Waals surface area contributed by atoms with Gasteiger partial charge in [-0.25, -0.2) is 0 Å². The van der Waals surface area contributed by atoms with Gasteiger partial charge in [0, 0.05) is 17.7 Å². The number of amides is 1. The number of aliphatic hydroxyl groups excluding tert-OH is 1. The Hall–Kier alpha value is -2.15. The summed E-state index contributed by atoms with van der Waals surface area (Å²) in [5.74, 6) is -0.340. The number of nitro groups is 1. The summed E-state index contributed by atoms with van der Waals surface area (Å²) in [4.78, 5) is 22.8. The van der Waals surface area contributed by atoms with Gasteiger partial charge in [0.2, 0.25) is 0 Å². The van der Waals surface area contributed by atoms with E-state index in [4.69, 9.17) is 0 Å². The molecule has 1 amide bonds. The fraction of sp³-hybridized carbons (Fsp3) is 0.562. The van der Waals surface area contributed by atoms with E-state index in [1.807, 2.05) is 13.8 Å². The van der Waals surface area contributed by atoms with Crippen LogP contribution in [0.1, 0.15) is 49.9 Å². The van der Waals surface area contributed by atoms with Gasteiger partial charge in [-0.3, -0.25) is 14.9 Å². The first-order chi connectivity index (χ1) is 10.9. The Morgan fingerprint density at radius 1 is 1.35 bits per heavy atom. The Bertz CT molecular complexity index is 589. The number of benzene rings is 1. The van der Waals surface area contributed by atoms with Gasteiger partial charge in [0.1, 0.15) is 5.69 Å². The fourth-order valence-corrected chi connectivity index (χ4v) is 2.77. The number of aliphatic hydroxyl groups is 1. The summed E-state index contributed by atoms with van der Waals surface area (Å²) in [5.41, 5.74) is 0.432. The van der Waals surface area contributed by atoms with Crippen molar-refractivity contribution in [2.45, 2.75) is 57.7 Å². The summed E-state index contributed by atoms with van der Waals surface area (Å²) in [6, 6.07) is 4.13. The second kappa shape index (κ2) is 7.41. The number of rotatable bonds is 5. The van der Waals surface area contributed by atoms with Crippen LogP contribution < -0.4 is 10.6 Å². The molecule has 1 aromatic rings. The summed E-state index contributed by atoms with van der Waals surface area (Å²) < 4.78 is 0. The van der Waals surface area contributed by atoms with Crippen molar-refractivity contribution in [2.75, 3.05) is 5.32 Å². The van der Waals surface area contributed by atoms with Crippen LogP contribution in [0.5, 0.6) is 0 Å². The summed E-state index contributed by atoms with van der Waals surface area (Å²) in [7, 11) is 0. The molecule has 0 saturated heterocycles. The highest BCUT2D eigenvalue weighted by molar-refractivity contribution is 5.95. The zero-order chi connectivity index (χ0) is 17.0. The SMILES string of the molecule is CC(C)NC(=O)c1ccc(N[C@H]2CCCC[C@@H]2O)c([N+](=O)[O-])c1. The van der Waals surface area contributed by atoms with Crippen molar-refractivity contribution in [2.24, 2.45) is 0 Å². The summed E-state index contributed by atoms with van der Waals surface area (Å²) >= 11 is 0. The minimum Gasteiger partial charge on any atom is -0.391 e. The van der Waals surface area contributed by atoms with Crippen LogP contribution >= 0.6 is 0 Å². The minimum atomic E-state index is -0.510. The number of carbonyl (C=O) groups excluding carboxylic acids is 1. The van der Waals surface area contributed by atoms with Gasteiger partial charge in [-0.2, -0.15) is 0 Å². The maximum absolute atomic E-state index is 12.0. The third-order valence-corrected chi connectivity index (χ3v) is 3.95. The minimum absolute atomic E-state index is 0.0447. The van der Waals surface area contributed by atoms with E-state index in [9.17, 15) is 20.0 Å². The predicted molar refractivity (Wildman–Crippen MR) is 87.6 cm³/mol. The normalized spacial score (nSPS) is 21.0. The molecular formula is C16H23N3O4. The highest BCUT2D eigenvalue weighted by atomic mass is 16.6. The van der Waals surface area contributed by atoms with Gasteiger partial charge in [0.05, 0.1) is 17.1 Å². The molecule has 2 rings (SSSR count). The maximum Gasteiger partial charge on any atom is 0.293 e. The second-order valence-corrected chi connectivity index (χ2v) is 6.22. The van der Waals surface area contributed by atoms with Gasteiger partial charge >= 0.3 is 0 Å². The zero-order valence-corrected chi connectivity index (χ0v) is 13.4. The Labute approximate surface area is 135 Å². The van der Waals surface area contributed by atoms with Gasteiger partial charge < -0.3 is 15.7 Å². The molecule has 2 atom stereocenters.